The van der Waals surface area contributed by atoms with Crippen LogP contribution in [0.25, 0.3) is 0 Å². The van der Waals surface area contributed by atoms with Crippen molar-refractivity contribution in [2.24, 2.45) is 0 Å². The van der Waals surface area contributed by atoms with E-state index in [1.807, 2.05) is 7.05 Å². The third-order valence-electron chi connectivity index (χ3n) is 3.86. The Morgan fingerprint density at radius 2 is 2.00 bits per heavy atom. The molecule has 1 N–H and O–H groups in total. The molecule has 21 heavy (non-hydrogen) atoms. The zero-order valence-corrected chi connectivity index (χ0v) is 14.7. The average molecular weight is 312 g/mol. The molecule has 2 heterocycles. The Kier molecular flexibility index (Phi) is 5.41. The van der Waals surface area contributed by atoms with Gasteiger partial charge in [-0.25, -0.2) is 4.98 Å². The highest BCUT2D eigenvalue weighted by Gasteiger charge is 2.39. The van der Waals surface area contributed by atoms with Crippen molar-refractivity contribution in [1.29, 1.82) is 0 Å². The Morgan fingerprint density at radius 1 is 1.33 bits per heavy atom. The van der Waals surface area contributed by atoms with Gasteiger partial charge in [0.1, 0.15) is 10.6 Å². The van der Waals surface area contributed by atoms with Gasteiger partial charge in [0, 0.05) is 49.5 Å². The minimum absolute atomic E-state index is 0.0551. The van der Waals surface area contributed by atoms with Gasteiger partial charge in [-0.05, 0) is 14.0 Å². The Hall–Kier alpha value is -0.490. The molecule has 1 aliphatic heterocycles. The standard InChI is InChI=1S/C16H28N2O2S/c1-6-20-16(7-9-19-10-8-16)14-18-13(15(2,3)4)12(21-14)11-17-5/h17H,6-11H2,1-5H3. The average Bonchev–Trinajstić information content (AvgIpc) is 2.85. The predicted molar refractivity (Wildman–Crippen MR) is 86.9 cm³/mol. The molecule has 1 aliphatic rings. The Bertz CT molecular complexity index is 454. The molecule has 0 bridgehead atoms. The van der Waals surface area contributed by atoms with Gasteiger partial charge in [-0.1, -0.05) is 20.8 Å². The maximum absolute atomic E-state index is 6.16. The van der Waals surface area contributed by atoms with Crippen LogP contribution in [0.3, 0.4) is 0 Å². The molecule has 1 aromatic heterocycles. The number of nitrogens with one attached hydrogen (secondary N) is 1. The lowest BCUT2D eigenvalue weighted by Crippen LogP contribution is -2.36. The van der Waals surface area contributed by atoms with Crippen molar-refractivity contribution >= 4 is 11.3 Å². The van der Waals surface area contributed by atoms with Gasteiger partial charge in [0.05, 0.1) is 5.69 Å². The summed E-state index contributed by atoms with van der Waals surface area (Å²) < 4.78 is 11.7. The van der Waals surface area contributed by atoms with Crippen LogP contribution in [0.1, 0.15) is 56.1 Å². The molecule has 0 aromatic carbocycles. The normalized spacial score (nSPS) is 18.9. The van der Waals surface area contributed by atoms with Gasteiger partial charge < -0.3 is 14.8 Å². The van der Waals surface area contributed by atoms with Gasteiger partial charge in [0.2, 0.25) is 0 Å². The van der Waals surface area contributed by atoms with Crippen LogP contribution >= 0.6 is 11.3 Å². The number of aromatic nitrogens is 1. The molecule has 1 saturated heterocycles. The highest BCUT2D eigenvalue weighted by Crippen LogP contribution is 2.41. The van der Waals surface area contributed by atoms with E-state index >= 15 is 0 Å². The first kappa shape index (κ1) is 16.9. The van der Waals surface area contributed by atoms with E-state index in [2.05, 4.69) is 33.0 Å². The second-order valence-corrected chi connectivity index (χ2v) is 7.69. The van der Waals surface area contributed by atoms with Crippen molar-refractivity contribution in [1.82, 2.24) is 10.3 Å². The summed E-state index contributed by atoms with van der Waals surface area (Å²) in [6.45, 7) is 11.8. The third-order valence-corrected chi connectivity index (χ3v) is 5.10. The van der Waals surface area contributed by atoms with Gasteiger partial charge >= 0.3 is 0 Å². The van der Waals surface area contributed by atoms with Crippen LogP contribution in [0, 0.1) is 0 Å². The summed E-state index contributed by atoms with van der Waals surface area (Å²) in [6.07, 6.45) is 1.80. The number of hydrogen-bond acceptors (Lipinski definition) is 5. The molecule has 0 unspecified atom stereocenters. The molecule has 4 nitrogen and oxygen atoms in total. The van der Waals surface area contributed by atoms with Gasteiger partial charge in [-0.3, -0.25) is 0 Å². The van der Waals surface area contributed by atoms with Crippen LogP contribution in [-0.4, -0.2) is 31.9 Å². The maximum Gasteiger partial charge on any atom is 0.125 e. The molecule has 0 amide bonds. The van der Waals surface area contributed by atoms with Gasteiger partial charge in [-0.2, -0.15) is 0 Å². The van der Waals surface area contributed by atoms with Crippen LogP contribution < -0.4 is 5.32 Å². The van der Waals surface area contributed by atoms with Crippen molar-refractivity contribution in [3.63, 3.8) is 0 Å². The largest absolute Gasteiger partial charge is 0.381 e. The highest BCUT2D eigenvalue weighted by molar-refractivity contribution is 7.11. The molecule has 0 radical (unpaired) electrons. The minimum Gasteiger partial charge on any atom is -0.381 e. The molecule has 0 aliphatic carbocycles. The second-order valence-electron chi connectivity index (χ2n) is 6.61. The topological polar surface area (TPSA) is 43.4 Å². The first-order chi connectivity index (χ1) is 9.93. The van der Waals surface area contributed by atoms with Crippen molar-refractivity contribution in [2.75, 3.05) is 26.9 Å². The van der Waals surface area contributed by atoms with E-state index in [0.717, 1.165) is 37.6 Å². The van der Waals surface area contributed by atoms with Crippen LogP contribution in [-0.2, 0) is 27.0 Å². The minimum atomic E-state index is -0.246. The number of thiazole rings is 1. The van der Waals surface area contributed by atoms with E-state index in [4.69, 9.17) is 14.5 Å². The second kappa shape index (κ2) is 6.73. The molecule has 1 aromatic rings. The van der Waals surface area contributed by atoms with Crippen molar-refractivity contribution < 1.29 is 9.47 Å². The highest BCUT2D eigenvalue weighted by atomic mass is 32.1. The zero-order valence-electron chi connectivity index (χ0n) is 13.9. The molecule has 120 valence electrons. The fourth-order valence-corrected chi connectivity index (χ4v) is 4.29. The molecule has 2 rings (SSSR count). The Balaban J connectivity index is 2.41. The molecular weight excluding hydrogens is 284 g/mol. The summed E-state index contributed by atoms with van der Waals surface area (Å²) in [6, 6.07) is 0. The van der Waals surface area contributed by atoms with Gasteiger partial charge in [0.25, 0.3) is 0 Å². The predicted octanol–water partition coefficient (Wildman–Crippen LogP) is 3.20. The van der Waals surface area contributed by atoms with Gasteiger partial charge in [0.15, 0.2) is 0 Å². The molecule has 5 heteroatoms. The number of nitrogens with zero attached hydrogens (tertiary/aromatic N) is 1. The van der Waals surface area contributed by atoms with Crippen LogP contribution in [0.5, 0.6) is 0 Å². The first-order valence-electron chi connectivity index (χ1n) is 7.80. The quantitative estimate of drug-likeness (QED) is 0.907. The summed E-state index contributed by atoms with van der Waals surface area (Å²) in [4.78, 5) is 6.34. The monoisotopic (exact) mass is 312 g/mol. The fraction of sp³-hybridized carbons (Fsp3) is 0.812. The van der Waals surface area contributed by atoms with E-state index < -0.39 is 0 Å². The lowest BCUT2D eigenvalue weighted by molar-refractivity contribution is -0.113. The summed E-state index contributed by atoms with van der Waals surface area (Å²) in [5, 5.41) is 4.39. The van der Waals surface area contributed by atoms with Crippen LogP contribution in [0.15, 0.2) is 0 Å². The molecule has 0 spiro atoms. The molecular formula is C16H28N2O2S. The fourth-order valence-electron chi connectivity index (χ4n) is 2.81. The van der Waals surface area contributed by atoms with Crippen molar-refractivity contribution in [2.45, 2.75) is 58.1 Å². The summed E-state index contributed by atoms with van der Waals surface area (Å²) in [7, 11) is 1.98. The van der Waals surface area contributed by atoms with E-state index in [1.54, 1.807) is 11.3 Å². The van der Waals surface area contributed by atoms with Gasteiger partial charge in [-0.15, -0.1) is 11.3 Å². The molecule has 1 fully saturated rings. The Labute approximate surface area is 132 Å². The van der Waals surface area contributed by atoms with E-state index in [9.17, 15) is 0 Å². The number of ether oxygens (including phenoxy) is 2. The number of hydrogen-bond donors (Lipinski definition) is 1. The lowest BCUT2D eigenvalue weighted by atomic mass is 9.90. The van der Waals surface area contributed by atoms with E-state index in [1.165, 1.54) is 10.6 Å². The smallest absolute Gasteiger partial charge is 0.125 e. The van der Waals surface area contributed by atoms with Crippen LogP contribution in [0.4, 0.5) is 0 Å². The number of rotatable bonds is 5. The summed E-state index contributed by atoms with van der Waals surface area (Å²) in [5.41, 5.74) is 1.01. The zero-order chi connectivity index (χ0) is 15.5. The summed E-state index contributed by atoms with van der Waals surface area (Å²) in [5.74, 6) is 0. The van der Waals surface area contributed by atoms with Crippen molar-refractivity contribution in [3.8, 4) is 0 Å². The third kappa shape index (κ3) is 3.65. The molecule has 0 saturated carbocycles. The Morgan fingerprint density at radius 3 is 2.52 bits per heavy atom. The SMILES string of the molecule is CCOC1(c2nc(C(C)(C)C)c(CNC)s2)CCOCC1. The van der Waals surface area contributed by atoms with Crippen LogP contribution in [0.2, 0.25) is 0 Å². The van der Waals surface area contributed by atoms with E-state index in [-0.39, 0.29) is 11.0 Å². The maximum atomic E-state index is 6.16. The summed E-state index contributed by atoms with van der Waals surface area (Å²) >= 11 is 1.80. The lowest BCUT2D eigenvalue weighted by Gasteiger charge is -2.35. The first-order valence-corrected chi connectivity index (χ1v) is 8.61. The van der Waals surface area contributed by atoms with Crippen molar-refractivity contribution in [3.05, 3.63) is 15.6 Å². The molecule has 0 atom stereocenters. The van der Waals surface area contributed by atoms with E-state index in [0.29, 0.717) is 6.61 Å².